The summed E-state index contributed by atoms with van der Waals surface area (Å²) in [5.74, 6) is 0.0729. The fourth-order valence-electron chi connectivity index (χ4n) is 3.40. The average Bonchev–Trinajstić information content (AvgIpc) is 3.12. The molecule has 0 saturated carbocycles. The van der Waals surface area contributed by atoms with Crippen molar-refractivity contribution in [1.29, 1.82) is 0 Å². The van der Waals surface area contributed by atoms with Gasteiger partial charge >= 0.3 is 6.03 Å². The highest BCUT2D eigenvalue weighted by molar-refractivity contribution is 5.95. The van der Waals surface area contributed by atoms with Crippen molar-refractivity contribution in [3.05, 3.63) is 34.9 Å². The van der Waals surface area contributed by atoms with Crippen LogP contribution in [0.15, 0.2) is 18.2 Å². The van der Waals surface area contributed by atoms with Crippen LogP contribution in [0.5, 0.6) is 0 Å². The summed E-state index contributed by atoms with van der Waals surface area (Å²) >= 11 is 0. The number of amides is 3. The van der Waals surface area contributed by atoms with E-state index in [4.69, 9.17) is 0 Å². The summed E-state index contributed by atoms with van der Waals surface area (Å²) < 4.78 is 0. The van der Waals surface area contributed by atoms with Crippen molar-refractivity contribution in [1.82, 2.24) is 20.4 Å². The number of piperazine rings is 1. The Balaban J connectivity index is 1.52. The number of carbonyl (C=O) groups is 2. The second-order valence-corrected chi connectivity index (χ2v) is 5.87. The maximum Gasteiger partial charge on any atom is 0.317 e. The van der Waals surface area contributed by atoms with E-state index in [9.17, 15) is 9.59 Å². The van der Waals surface area contributed by atoms with Crippen LogP contribution < -0.4 is 10.6 Å². The molecule has 2 N–H and O–H groups in total. The highest BCUT2D eigenvalue weighted by Gasteiger charge is 2.37. The van der Waals surface area contributed by atoms with E-state index < -0.39 is 0 Å². The van der Waals surface area contributed by atoms with Gasteiger partial charge in [0.05, 0.1) is 6.04 Å². The highest BCUT2D eigenvalue weighted by atomic mass is 16.2. The van der Waals surface area contributed by atoms with Gasteiger partial charge in [-0.05, 0) is 23.3 Å². The first kappa shape index (κ1) is 12.6. The van der Waals surface area contributed by atoms with Gasteiger partial charge in [-0.15, -0.1) is 0 Å². The van der Waals surface area contributed by atoms with Crippen molar-refractivity contribution < 1.29 is 9.59 Å². The minimum absolute atomic E-state index is 0.00398. The zero-order valence-electron chi connectivity index (χ0n) is 11.8. The van der Waals surface area contributed by atoms with Crippen molar-refractivity contribution in [3.8, 4) is 0 Å². The molecule has 21 heavy (non-hydrogen) atoms. The first-order valence-corrected chi connectivity index (χ1v) is 7.38. The summed E-state index contributed by atoms with van der Waals surface area (Å²) in [6, 6.07) is 6.07. The fraction of sp³-hybridized carbons (Fsp3) is 0.467. The van der Waals surface area contributed by atoms with Crippen LogP contribution >= 0.6 is 0 Å². The van der Waals surface area contributed by atoms with Gasteiger partial charge in [0, 0.05) is 44.8 Å². The van der Waals surface area contributed by atoms with Gasteiger partial charge in [-0.3, -0.25) is 4.79 Å². The molecule has 4 rings (SSSR count). The van der Waals surface area contributed by atoms with Crippen molar-refractivity contribution in [2.24, 2.45) is 0 Å². The molecule has 3 amide bonds. The predicted molar refractivity (Wildman–Crippen MR) is 76.8 cm³/mol. The Morgan fingerprint density at radius 1 is 1.19 bits per heavy atom. The Hall–Kier alpha value is -2.08. The molecule has 3 aliphatic heterocycles. The molecule has 2 fully saturated rings. The van der Waals surface area contributed by atoms with Gasteiger partial charge < -0.3 is 20.4 Å². The first-order valence-electron chi connectivity index (χ1n) is 7.38. The molecule has 0 aromatic heterocycles. The zero-order valence-corrected chi connectivity index (χ0v) is 11.8. The molecule has 1 aromatic carbocycles. The van der Waals surface area contributed by atoms with Crippen molar-refractivity contribution in [2.75, 3.05) is 26.2 Å². The molecule has 6 heteroatoms. The summed E-state index contributed by atoms with van der Waals surface area (Å²) in [6.45, 7) is 4.21. The molecule has 1 atom stereocenters. The van der Waals surface area contributed by atoms with E-state index in [1.807, 2.05) is 28.0 Å². The Morgan fingerprint density at radius 2 is 2.05 bits per heavy atom. The van der Waals surface area contributed by atoms with E-state index in [0.29, 0.717) is 26.2 Å². The van der Waals surface area contributed by atoms with Crippen LogP contribution in [0.4, 0.5) is 4.79 Å². The second kappa shape index (κ2) is 4.73. The zero-order chi connectivity index (χ0) is 14.4. The molecule has 0 aliphatic carbocycles. The van der Waals surface area contributed by atoms with E-state index in [1.165, 1.54) is 11.1 Å². The summed E-state index contributed by atoms with van der Waals surface area (Å²) in [5, 5.41) is 6.13. The lowest BCUT2D eigenvalue weighted by Gasteiger charge is -2.36. The third-order valence-electron chi connectivity index (χ3n) is 4.60. The number of fused-ring (bicyclic) bond motifs is 2. The van der Waals surface area contributed by atoms with E-state index in [0.717, 1.165) is 18.7 Å². The topological polar surface area (TPSA) is 64.7 Å². The number of carbonyl (C=O) groups excluding carboxylic acids is 2. The maximum absolute atomic E-state index is 12.7. The van der Waals surface area contributed by atoms with Crippen molar-refractivity contribution in [3.63, 3.8) is 0 Å². The molecule has 0 bridgehead atoms. The standard InChI is InChI=1S/C15H18N4O2/c20-14(10-1-2-11-6-16-7-12(11)5-10)18-3-4-19-13(9-18)8-17-15(19)21/h1-2,5,13,16H,3-4,6-9H2,(H,17,21). The molecule has 110 valence electrons. The van der Waals surface area contributed by atoms with Crippen molar-refractivity contribution in [2.45, 2.75) is 19.1 Å². The number of benzene rings is 1. The Kier molecular flexibility index (Phi) is 2.85. The van der Waals surface area contributed by atoms with Crippen LogP contribution in [0.3, 0.4) is 0 Å². The first-order chi connectivity index (χ1) is 10.2. The van der Waals surface area contributed by atoms with E-state index >= 15 is 0 Å². The average molecular weight is 286 g/mol. The van der Waals surface area contributed by atoms with E-state index in [-0.39, 0.29) is 18.0 Å². The largest absolute Gasteiger partial charge is 0.336 e. The minimum Gasteiger partial charge on any atom is -0.336 e. The third-order valence-corrected chi connectivity index (χ3v) is 4.60. The van der Waals surface area contributed by atoms with Crippen LogP contribution in [-0.4, -0.2) is 54.0 Å². The Labute approximate surface area is 123 Å². The fourth-order valence-corrected chi connectivity index (χ4v) is 3.40. The van der Waals surface area contributed by atoms with E-state index in [1.54, 1.807) is 0 Å². The molecular weight excluding hydrogens is 268 g/mol. The maximum atomic E-state index is 12.7. The number of urea groups is 1. The van der Waals surface area contributed by atoms with Gasteiger partial charge in [0.2, 0.25) is 0 Å². The lowest BCUT2D eigenvalue weighted by molar-refractivity contribution is 0.0617. The monoisotopic (exact) mass is 286 g/mol. The summed E-state index contributed by atoms with van der Waals surface area (Å²) in [7, 11) is 0. The smallest absolute Gasteiger partial charge is 0.317 e. The molecule has 0 spiro atoms. The molecular formula is C15H18N4O2. The van der Waals surface area contributed by atoms with Gasteiger partial charge in [-0.25, -0.2) is 4.79 Å². The summed E-state index contributed by atoms with van der Waals surface area (Å²) in [5.41, 5.74) is 3.25. The van der Waals surface area contributed by atoms with Gasteiger partial charge in [-0.1, -0.05) is 6.07 Å². The van der Waals surface area contributed by atoms with Crippen LogP contribution in [0.1, 0.15) is 21.5 Å². The van der Waals surface area contributed by atoms with Crippen LogP contribution in [0, 0.1) is 0 Å². The number of hydrogen-bond donors (Lipinski definition) is 2. The van der Waals surface area contributed by atoms with Crippen LogP contribution in [0.2, 0.25) is 0 Å². The quantitative estimate of drug-likeness (QED) is 0.772. The molecule has 3 heterocycles. The van der Waals surface area contributed by atoms with Crippen LogP contribution in [0.25, 0.3) is 0 Å². The number of rotatable bonds is 1. The van der Waals surface area contributed by atoms with Crippen molar-refractivity contribution >= 4 is 11.9 Å². The summed E-state index contributed by atoms with van der Waals surface area (Å²) in [6.07, 6.45) is 0. The molecule has 0 radical (unpaired) electrons. The normalized spacial score (nSPS) is 23.8. The molecule has 3 aliphatic rings. The molecule has 6 nitrogen and oxygen atoms in total. The number of nitrogens with zero attached hydrogens (tertiary/aromatic N) is 2. The predicted octanol–water partition coefficient (Wildman–Crippen LogP) is 0.139. The summed E-state index contributed by atoms with van der Waals surface area (Å²) in [4.78, 5) is 27.9. The molecule has 2 saturated heterocycles. The lowest BCUT2D eigenvalue weighted by Crippen LogP contribution is -2.53. The molecule has 1 unspecified atom stereocenters. The Bertz CT molecular complexity index is 616. The number of nitrogens with one attached hydrogen (secondary N) is 2. The SMILES string of the molecule is O=C(c1ccc2c(c1)CNC2)N1CCN2C(=O)NCC2C1. The van der Waals surface area contributed by atoms with E-state index in [2.05, 4.69) is 10.6 Å². The molecule has 1 aromatic rings. The van der Waals surface area contributed by atoms with Crippen LogP contribution in [-0.2, 0) is 13.1 Å². The highest BCUT2D eigenvalue weighted by Crippen LogP contribution is 2.20. The minimum atomic E-state index is -0.00398. The van der Waals surface area contributed by atoms with Gasteiger partial charge in [0.25, 0.3) is 5.91 Å². The second-order valence-electron chi connectivity index (χ2n) is 5.87. The van der Waals surface area contributed by atoms with Gasteiger partial charge in [-0.2, -0.15) is 0 Å². The van der Waals surface area contributed by atoms with Gasteiger partial charge in [0.1, 0.15) is 0 Å². The Morgan fingerprint density at radius 3 is 2.95 bits per heavy atom. The third kappa shape index (κ3) is 2.06. The van der Waals surface area contributed by atoms with Gasteiger partial charge in [0.15, 0.2) is 0 Å². The number of hydrogen-bond acceptors (Lipinski definition) is 3. The lowest BCUT2D eigenvalue weighted by atomic mass is 10.0.